The molecule has 28 heavy (non-hydrogen) atoms. The molecule has 0 spiro atoms. The summed E-state index contributed by atoms with van der Waals surface area (Å²) >= 11 is 5.41. The van der Waals surface area contributed by atoms with Crippen LogP contribution in [0.4, 0.5) is 15.8 Å². The molecule has 0 fully saturated rings. The molecule has 0 bridgehead atoms. The Balaban J connectivity index is 1.73. The Morgan fingerprint density at radius 1 is 1.14 bits per heavy atom. The number of nitrogens with one attached hydrogen (secondary N) is 2. The van der Waals surface area contributed by atoms with Gasteiger partial charge in [-0.2, -0.15) is 5.10 Å². The number of hydrogen-bond donors (Lipinski definition) is 2. The zero-order valence-corrected chi connectivity index (χ0v) is 16.7. The number of ketones is 1. The van der Waals surface area contributed by atoms with Crippen LogP contribution in [0.1, 0.15) is 34.2 Å². The minimum Gasteiger partial charge on any atom is -0.332 e. The molecule has 0 saturated heterocycles. The highest BCUT2D eigenvalue weighted by molar-refractivity contribution is 7.80. The SMILES string of the molecule is CC(=O)c1cccc(NC(=S)Nc2c(C)nn(Cc3cccc(F)c3)c2C)c1. The van der Waals surface area contributed by atoms with E-state index in [0.717, 1.165) is 28.3 Å². The molecular weight excluding hydrogens is 375 g/mol. The summed E-state index contributed by atoms with van der Waals surface area (Å²) in [5, 5.41) is 11.2. The van der Waals surface area contributed by atoms with Crippen molar-refractivity contribution in [2.45, 2.75) is 27.3 Å². The first kappa shape index (κ1) is 19.7. The molecule has 0 aliphatic rings. The van der Waals surface area contributed by atoms with Crippen molar-refractivity contribution in [3.8, 4) is 0 Å². The maximum absolute atomic E-state index is 13.4. The van der Waals surface area contributed by atoms with Gasteiger partial charge in [0.1, 0.15) is 5.82 Å². The second kappa shape index (κ2) is 8.31. The molecule has 0 saturated carbocycles. The van der Waals surface area contributed by atoms with Crippen LogP contribution in [0.15, 0.2) is 48.5 Å². The third-order valence-corrected chi connectivity index (χ3v) is 4.57. The Bertz CT molecular complexity index is 1040. The Labute approximate surface area is 168 Å². The summed E-state index contributed by atoms with van der Waals surface area (Å²) in [6.07, 6.45) is 0. The zero-order chi connectivity index (χ0) is 20.3. The van der Waals surface area contributed by atoms with Crippen molar-refractivity contribution in [2.75, 3.05) is 10.6 Å². The van der Waals surface area contributed by atoms with Gasteiger partial charge in [0.05, 0.1) is 23.6 Å². The van der Waals surface area contributed by atoms with Gasteiger partial charge in [-0.25, -0.2) is 4.39 Å². The highest BCUT2D eigenvalue weighted by Gasteiger charge is 2.13. The van der Waals surface area contributed by atoms with Gasteiger partial charge in [0.25, 0.3) is 0 Å². The Kier molecular flexibility index (Phi) is 5.84. The minimum atomic E-state index is -0.268. The standard InChI is InChI=1S/C21H21FN4OS/c1-13-20(14(2)26(25-13)12-16-6-4-8-18(22)10-16)24-21(28)23-19-9-5-7-17(11-19)15(3)27/h4-11H,12H2,1-3H3,(H2,23,24,28). The number of Topliss-reactive ketones (excluding diaryl/α,β-unsaturated/α-hetero) is 1. The smallest absolute Gasteiger partial charge is 0.175 e. The lowest BCUT2D eigenvalue weighted by atomic mass is 10.1. The number of anilines is 2. The van der Waals surface area contributed by atoms with Crippen LogP contribution in [-0.4, -0.2) is 20.7 Å². The quantitative estimate of drug-likeness (QED) is 0.484. The summed E-state index contributed by atoms with van der Waals surface area (Å²) in [4.78, 5) is 11.5. The number of nitrogens with zero attached hydrogens (tertiary/aromatic N) is 2. The van der Waals surface area contributed by atoms with E-state index >= 15 is 0 Å². The van der Waals surface area contributed by atoms with Crippen LogP contribution in [0.25, 0.3) is 0 Å². The maximum atomic E-state index is 13.4. The van der Waals surface area contributed by atoms with E-state index < -0.39 is 0 Å². The molecular formula is C21H21FN4OS. The number of rotatable bonds is 5. The van der Waals surface area contributed by atoms with E-state index in [1.54, 1.807) is 24.3 Å². The van der Waals surface area contributed by atoms with Crippen LogP contribution >= 0.6 is 12.2 Å². The van der Waals surface area contributed by atoms with E-state index in [9.17, 15) is 9.18 Å². The van der Waals surface area contributed by atoms with Crippen LogP contribution in [0.5, 0.6) is 0 Å². The highest BCUT2D eigenvalue weighted by atomic mass is 32.1. The molecule has 7 heteroatoms. The second-order valence-electron chi connectivity index (χ2n) is 6.55. The van der Waals surface area contributed by atoms with E-state index in [1.165, 1.54) is 19.1 Å². The third kappa shape index (κ3) is 4.61. The third-order valence-electron chi connectivity index (χ3n) is 4.37. The number of carbonyl (C=O) groups is 1. The summed E-state index contributed by atoms with van der Waals surface area (Å²) in [7, 11) is 0. The van der Waals surface area contributed by atoms with Gasteiger partial charge in [-0.15, -0.1) is 0 Å². The lowest BCUT2D eigenvalue weighted by Crippen LogP contribution is -2.20. The molecule has 0 aliphatic heterocycles. The number of thiocarbonyl (C=S) groups is 1. The van der Waals surface area contributed by atoms with Gasteiger partial charge in [0.2, 0.25) is 0 Å². The van der Waals surface area contributed by atoms with Crippen molar-refractivity contribution in [1.29, 1.82) is 0 Å². The minimum absolute atomic E-state index is 0.00663. The second-order valence-corrected chi connectivity index (χ2v) is 6.96. The van der Waals surface area contributed by atoms with Gasteiger partial charge in [0, 0.05) is 11.3 Å². The lowest BCUT2D eigenvalue weighted by molar-refractivity contribution is 0.101. The van der Waals surface area contributed by atoms with E-state index in [1.807, 2.05) is 30.7 Å². The van der Waals surface area contributed by atoms with Gasteiger partial charge < -0.3 is 10.6 Å². The van der Waals surface area contributed by atoms with E-state index in [-0.39, 0.29) is 11.6 Å². The fourth-order valence-electron chi connectivity index (χ4n) is 2.93. The number of halogens is 1. The summed E-state index contributed by atoms with van der Waals surface area (Å²) in [6.45, 7) is 5.80. The van der Waals surface area contributed by atoms with E-state index in [2.05, 4.69) is 15.7 Å². The molecule has 1 heterocycles. The zero-order valence-electron chi connectivity index (χ0n) is 15.9. The van der Waals surface area contributed by atoms with Crippen molar-refractivity contribution >= 4 is 34.5 Å². The first-order valence-corrected chi connectivity index (χ1v) is 9.22. The molecule has 5 nitrogen and oxygen atoms in total. The van der Waals surface area contributed by atoms with Crippen molar-refractivity contribution in [3.63, 3.8) is 0 Å². The normalized spacial score (nSPS) is 10.6. The highest BCUT2D eigenvalue weighted by Crippen LogP contribution is 2.21. The average Bonchev–Trinajstić information content (AvgIpc) is 2.89. The molecule has 144 valence electrons. The number of benzene rings is 2. The van der Waals surface area contributed by atoms with E-state index in [0.29, 0.717) is 17.2 Å². The molecule has 0 radical (unpaired) electrons. The predicted octanol–water partition coefficient (Wildman–Crippen LogP) is 4.70. The molecule has 0 aliphatic carbocycles. The first-order valence-electron chi connectivity index (χ1n) is 8.81. The largest absolute Gasteiger partial charge is 0.332 e. The van der Waals surface area contributed by atoms with Crippen LogP contribution in [0.3, 0.4) is 0 Å². The molecule has 0 unspecified atom stereocenters. The Morgan fingerprint density at radius 2 is 1.89 bits per heavy atom. The fourth-order valence-corrected chi connectivity index (χ4v) is 3.15. The molecule has 1 aromatic heterocycles. The average molecular weight is 396 g/mol. The summed E-state index contributed by atoms with van der Waals surface area (Å²) in [5.41, 5.74) is 4.66. The topological polar surface area (TPSA) is 59.0 Å². The number of aryl methyl sites for hydroxylation is 1. The van der Waals surface area contributed by atoms with Crippen molar-refractivity contribution in [3.05, 3.63) is 76.9 Å². The summed E-state index contributed by atoms with van der Waals surface area (Å²) in [5.74, 6) is -0.275. The summed E-state index contributed by atoms with van der Waals surface area (Å²) in [6, 6.07) is 13.6. The van der Waals surface area contributed by atoms with Crippen LogP contribution < -0.4 is 10.6 Å². The fraction of sp³-hybridized carbons (Fsp3) is 0.190. The van der Waals surface area contributed by atoms with Crippen LogP contribution in [0.2, 0.25) is 0 Å². The van der Waals surface area contributed by atoms with Crippen molar-refractivity contribution in [2.24, 2.45) is 0 Å². The summed E-state index contributed by atoms with van der Waals surface area (Å²) < 4.78 is 15.2. The molecule has 3 rings (SSSR count). The lowest BCUT2D eigenvalue weighted by Gasteiger charge is -2.12. The Morgan fingerprint density at radius 3 is 2.61 bits per heavy atom. The van der Waals surface area contributed by atoms with Gasteiger partial charge in [-0.1, -0.05) is 24.3 Å². The molecule has 2 aromatic carbocycles. The molecule has 0 amide bonds. The van der Waals surface area contributed by atoms with Crippen molar-refractivity contribution < 1.29 is 9.18 Å². The molecule has 2 N–H and O–H groups in total. The monoisotopic (exact) mass is 396 g/mol. The van der Waals surface area contributed by atoms with Gasteiger partial charge in [-0.05, 0) is 62.8 Å². The van der Waals surface area contributed by atoms with Gasteiger partial charge in [-0.3, -0.25) is 9.48 Å². The van der Waals surface area contributed by atoms with E-state index in [4.69, 9.17) is 12.2 Å². The number of aromatic nitrogens is 2. The first-order chi connectivity index (χ1) is 13.3. The molecule has 3 aromatic rings. The maximum Gasteiger partial charge on any atom is 0.175 e. The predicted molar refractivity (Wildman–Crippen MR) is 113 cm³/mol. The number of hydrogen-bond acceptors (Lipinski definition) is 3. The molecule has 0 atom stereocenters. The number of carbonyl (C=O) groups excluding carboxylic acids is 1. The van der Waals surface area contributed by atoms with Gasteiger partial charge >= 0.3 is 0 Å². The van der Waals surface area contributed by atoms with Crippen LogP contribution in [-0.2, 0) is 6.54 Å². The Hall–Kier alpha value is -3.06. The van der Waals surface area contributed by atoms with Crippen LogP contribution in [0, 0.1) is 19.7 Å². The van der Waals surface area contributed by atoms with Gasteiger partial charge in [0.15, 0.2) is 10.9 Å². The van der Waals surface area contributed by atoms with Crippen molar-refractivity contribution in [1.82, 2.24) is 9.78 Å².